The summed E-state index contributed by atoms with van der Waals surface area (Å²) in [5.41, 5.74) is 1.20. The van der Waals surface area contributed by atoms with Gasteiger partial charge in [-0.15, -0.1) is 11.8 Å². The van der Waals surface area contributed by atoms with Crippen LogP contribution in [-0.4, -0.2) is 30.3 Å². The molecule has 0 heterocycles. The van der Waals surface area contributed by atoms with Gasteiger partial charge in [0.05, 0.1) is 18.3 Å². The SMILES string of the molecule is CCOC(=O)CCNC(=O)[C@H](C)SCc1ccccc1. The number of esters is 1. The van der Waals surface area contributed by atoms with Crippen molar-refractivity contribution < 1.29 is 14.3 Å². The van der Waals surface area contributed by atoms with Gasteiger partial charge in [-0.3, -0.25) is 9.59 Å². The minimum Gasteiger partial charge on any atom is -0.466 e. The molecule has 0 aliphatic rings. The molecule has 1 atom stereocenters. The van der Waals surface area contributed by atoms with Crippen molar-refractivity contribution in [2.45, 2.75) is 31.3 Å². The Balaban J connectivity index is 2.21. The molecule has 0 aromatic heterocycles. The Morgan fingerprint density at radius 1 is 1.30 bits per heavy atom. The summed E-state index contributed by atoms with van der Waals surface area (Å²) in [5.74, 6) is 0.473. The predicted octanol–water partition coefficient (Wildman–Crippen LogP) is 2.38. The molecule has 0 spiro atoms. The lowest BCUT2D eigenvalue weighted by atomic mass is 10.2. The molecular formula is C15H21NO3S. The summed E-state index contributed by atoms with van der Waals surface area (Å²) >= 11 is 1.58. The number of rotatable bonds is 8. The average molecular weight is 295 g/mol. The number of thioether (sulfide) groups is 1. The van der Waals surface area contributed by atoms with E-state index in [0.29, 0.717) is 13.2 Å². The number of hydrogen-bond donors (Lipinski definition) is 1. The zero-order chi connectivity index (χ0) is 14.8. The zero-order valence-electron chi connectivity index (χ0n) is 11.9. The van der Waals surface area contributed by atoms with Gasteiger partial charge in [-0.1, -0.05) is 30.3 Å². The fraction of sp³-hybridized carbons (Fsp3) is 0.467. The van der Waals surface area contributed by atoms with Gasteiger partial charge in [0.1, 0.15) is 0 Å². The smallest absolute Gasteiger partial charge is 0.307 e. The van der Waals surface area contributed by atoms with Crippen molar-refractivity contribution in [3.8, 4) is 0 Å². The molecule has 0 aliphatic heterocycles. The van der Waals surface area contributed by atoms with E-state index < -0.39 is 0 Å². The van der Waals surface area contributed by atoms with Crippen molar-refractivity contribution in [3.05, 3.63) is 35.9 Å². The van der Waals surface area contributed by atoms with Crippen molar-refractivity contribution in [2.24, 2.45) is 0 Å². The second-order valence-corrected chi connectivity index (χ2v) is 5.61. The highest BCUT2D eigenvalue weighted by molar-refractivity contribution is 7.99. The van der Waals surface area contributed by atoms with E-state index in [4.69, 9.17) is 4.74 Å². The summed E-state index contributed by atoms with van der Waals surface area (Å²) in [4.78, 5) is 22.9. The van der Waals surface area contributed by atoms with Crippen LogP contribution < -0.4 is 5.32 Å². The van der Waals surface area contributed by atoms with Crippen LogP contribution in [0, 0.1) is 0 Å². The van der Waals surface area contributed by atoms with Crippen molar-refractivity contribution >= 4 is 23.6 Å². The van der Waals surface area contributed by atoms with Gasteiger partial charge < -0.3 is 10.1 Å². The van der Waals surface area contributed by atoms with Gasteiger partial charge in [0.15, 0.2) is 0 Å². The van der Waals surface area contributed by atoms with E-state index in [1.807, 2.05) is 37.3 Å². The molecule has 0 saturated carbocycles. The second kappa shape index (κ2) is 9.42. The third-order valence-corrected chi connectivity index (χ3v) is 3.86. The second-order valence-electron chi connectivity index (χ2n) is 4.28. The molecule has 1 rings (SSSR count). The number of hydrogen-bond acceptors (Lipinski definition) is 4. The van der Waals surface area contributed by atoms with E-state index in [0.717, 1.165) is 5.75 Å². The van der Waals surface area contributed by atoms with Crippen LogP contribution in [0.5, 0.6) is 0 Å². The molecule has 1 aromatic rings. The first kappa shape index (κ1) is 16.6. The quantitative estimate of drug-likeness (QED) is 0.748. The summed E-state index contributed by atoms with van der Waals surface area (Å²) < 4.78 is 4.79. The van der Waals surface area contributed by atoms with Crippen LogP contribution in [-0.2, 0) is 20.1 Å². The summed E-state index contributed by atoms with van der Waals surface area (Å²) in [6.07, 6.45) is 0.218. The minimum absolute atomic E-state index is 0.0461. The van der Waals surface area contributed by atoms with Gasteiger partial charge in [-0.2, -0.15) is 0 Å². The lowest BCUT2D eigenvalue weighted by Gasteiger charge is -2.11. The Bertz CT molecular complexity index is 422. The van der Waals surface area contributed by atoms with Crippen LogP contribution in [0.3, 0.4) is 0 Å². The number of nitrogens with one attached hydrogen (secondary N) is 1. The fourth-order valence-electron chi connectivity index (χ4n) is 1.54. The highest BCUT2D eigenvalue weighted by Crippen LogP contribution is 2.17. The van der Waals surface area contributed by atoms with Crippen molar-refractivity contribution in [3.63, 3.8) is 0 Å². The Hall–Kier alpha value is -1.49. The van der Waals surface area contributed by atoms with Crippen LogP contribution in [0.25, 0.3) is 0 Å². The molecular weight excluding hydrogens is 274 g/mol. The van der Waals surface area contributed by atoms with Crippen molar-refractivity contribution in [1.82, 2.24) is 5.32 Å². The largest absolute Gasteiger partial charge is 0.466 e. The maximum atomic E-state index is 11.8. The van der Waals surface area contributed by atoms with E-state index in [9.17, 15) is 9.59 Å². The van der Waals surface area contributed by atoms with Crippen LogP contribution in [0.1, 0.15) is 25.8 Å². The highest BCUT2D eigenvalue weighted by Gasteiger charge is 2.13. The molecule has 1 N–H and O–H groups in total. The van der Waals surface area contributed by atoms with Gasteiger partial charge >= 0.3 is 5.97 Å². The number of carbonyl (C=O) groups is 2. The molecule has 0 saturated heterocycles. The van der Waals surface area contributed by atoms with Gasteiger partial charge in [-0.05, 0) is 19.4 Å². The van der Waals surface area contributed by atoms with E-state index >= 15 is 0 Å². The van der Waals surface area contributed by atoms with Gasteiger partial charge in [0, 0.05) is 12.3 Å². The Kier molecular flexibility index (Phi) is 7.80. The van der Waals surface area contributed by atoms with Crippen LogP contribution in [0.4, 0.5) is 0 Å². The van der Waals surface area contributed by atoms with E-state index in [1.165, 1.54) is 5.56 Å². The van der Waals surface area contributed by atoms with Crippen molar-refractivity contribution in [2.75, 3.05) is 13.2 Å². The predicted molar refractivity (Wildman–Crippen MR) is 81.5 cm³/mol. The first-order valence-electron chi connectivity index (χ1n) is 6.72. The molecule has 5 heteroatoms. The number of ether oxygens (including phenoxy) is 1. The summed E-state index contributed by atoms with van der Waals surface area (Å²) in [6, 6.07) is 10.0. The van der Waals surface area contributed by atoms with Crippen LogP contribution in [0.2, 0.25) is 0 Å². The van der Waals surface area contributed by atoms with Gasteiger partial charge in [0.25, 0.3) is 0 Å². The van der Waals surface area contributed by atoms with Gasteiger partial charge in [0.2, 0.25) is 5.91 Å². The summed E-state index contributed by atoms with van der Waals surface area (Å²) in [7, 11) is 0. The topological polar surface area (TPSA) is 55.4 Å². The zero-order valence-corrected chi connectivity index (χ0v) is 12.7. The normalized spacial score (nSPS) is 11.7. The molecule has 0 radical (unpaired) electrons. The molecule has 0 bridgehead atoms. The van der Waals surface area contributed by atoms with Crippen LogP contribution in [0.15, 0.2) is 30.3 Å². The highest BCUT2D eigenvalue weighted by atomic mass is 32.2. The minimum atomic E-state index is -0.280. The Labute approximate surface area is 124 Å². The van der Waals surface area contributed by atoms with Crippen LogP contribution >= 0.6 is 11.8 Å². The lowest BCUT2D eigenvalue weighted by molar-refractivity contribution is -0.143. The molecule has 0 unspecified atom stereocenters. The monoisotopic (exact) mass is 295 g/mol. The lowest BCUT2D eigenvalue weighted by Crippen LogP contribution is -2.32. The standard InChI is InChI=1S/C15H21NO3S/c1-3-19-14(17)9-10-16-15(18)12(2)20-11-13-7-5-4-6-8-13/h4-8,12H,3,9-11H2,1-2H3,(H,16,18)/t12-/m0/s1. The number of benzene rings is 1. The molecule has 0 fully saturated rings. The summed E-state index contributed by atoms with van der Waals surface area (Å²) in [6.45, 7) is 4.33. The fourth-order valence-corrected chi connectivity index (χ4v) is 2.41. The summed E-state index contributed by atoms with van der Waals surface area (Å²) in [5, 5.41) is 2.61. The maximum absolute atomic E-state index is 11.8. The molecule has 0 aliphatic carbocycles. The molecule has 4 nitrogen and oxygen atoms in total. The first-order chi connectivity index (χ1) is 9.63. The number of amides is 1. The molecule has 110 valence electrons. The van der Waals surface area contributed by atoms with Gasteiger partial charge in [-0.25, -0.2) is 0 Å². The molecule has 20 heavy (non-hydrogen) atoms. The maximum Gasteiger partial charge on any atom is 0.307 e. The first-order valence-corrected chi connectivity index (χ1v) is 7.77. The Morgan fingerprint density at radius 2 is 2.00 bits per heavy atom. The van der Waals surface area contributed by atoms with E-state index in [-0.39, 0.29) is 23.5 Å². The van der Waals surface area contributed by atoms with E-state index in [1.54, 1.807) is 18.7 Å². The third-order valence-electron chi connectivity index (χ3n) is 2.65. The van der Waals surface area contributed by atoms with Crippen molar-refractivity contribution in [1.29, 1.82) is 0 Å². The Morgan fingerprint density at radius 3 is 2.65 bits per heavy atom. The molecule has 1 aromatic carbocycles. The number of carbonyl (C=O) groups excluding carboxylic acids is 2. The third kappa shape index (κ3) is 6.61. The average Bonchev–Trinajstić information content (AvgIpc) is 2.46. The van der Waals surface area contributed by atoms with E-state index in [2.05, 4.69) is 5.32 Å². The molecule has 1 amide bonds.